The van der Waals surface area contributed by atoms with Gasteiger partial charge in [0.15, 0.2) is 0 Å². The number of aromatic carboxylic acids is 1. The molecule has 0 amide bonds. The quantitative estimate of drug-likeness (QED) is 0.771. The molecule has 1 aromatic rings. The Morgan fingerprint density at radius 2 is 2.36 bits per heavy atom. The molecule has 0 radical (unpaired) electrons. The second-order valence-electron chi connectivity index (χ2n) is 2.98. The van der Waals surface area contributed by atoms with Gasteiger partial charge in [-0.2, -0.15) is 0 Å². The fourth-order valence-electron chi connectivity index (χ4n) is 1.16. The molecule has 4 nitrogen and oxygen atoms in total. The van der Waals surface area contributed by atoms with Crippen molar-refractivity contribution in [2.24, 2.45) is 0 Å². The zero-order valence-corrected chi connectivity index (χ0v) is 10.0. The van der Waals surface area contributed by atoms with E-state index in [4.69, 9.17) is 5.11 Å². The van der Waals surface area contributed by atoms with Crippen molar-refractivity contribution in [1.82, 2.24) is 9.97 Å². The number of aromatic amines is 1. The maximum absolute atomic E-state index is 10.8. The van der Waals surface area contributed by atoms with Gasteiger partial charge in [-0.05, 0) is 0 Å². The number of carboxylic acid groups (broad SMARTS) is 1. The third kappa shape index (κ3) is 2.59. The van der Waals surface area contributed by atoms with E-state index in [1.165, 1.54) is 0 Å². The number of H-pyrrole nitrogens is 1. The Hall–Kier alpha value is -0.801. The average molecular weight is 261 g/mol. The van der Waals surface area contributed by atoms with E-state index in [1.54, 1.807) is 0 Å². The first-order chi connectivity index (χ1) is 6.69. The summed E-state index contributed by atoms with van der Waals surface area (Å²) < 4.78 is 0.719. The zero-order chi connectivity index (χ0) is 10.6. The molecule has 0 bridgehead atoms. The number of unbranched alkanes of at least 4 members (excludes halogenated alkanes) is 1. The Labute approximate surface area is 89.3 Å². The summed E-state index contributed by atoms with van der Waals surface area (Å²) in [6.07, 6.45) is 2.98. The number of carboxylic acids is 1. The Morgan fingerprint density at radius 3 is 2.79 bits per heavy atom. The first-order valence-corrected chi connectivity index (χ1v) is 7.12. The molecule has 0 aliphatic heterocycles. The van der Waals surface area contributed by atoms with Gasteiger partial charge in [0, 0.05) is 0 Å². The van der Waals surface area contributed by atoms with Crippen LogP contribution < -0.4 is 4.59 Å². The number of carbonyl (C=O) groups is 1. The van der Waals surface area contributed by atoms with Crippen LogP contribution >= 0.6 is 0 Å². The van der Waals surface area contributed by atoms with Crippen LogP contribution in [0.15, 0.2) is 0 Å². The molecule has 14 heavy (non-hydrogen) atoms. The van der Waals surface area contributed by atoms with Crippen molar-refractivity contribution in [2.45, 2.75) is 32.0 Å². The van der Waals surface area contributed by atoms with Gasteiger partial charge in [0.1, 0.15) is 0 Å². The molecule has 1 heterocycles. The Morgan fingerprint density at radius 1 is 1.64 bits per heavy atom. The summed E-state index contributed by atoms with van der Waals surface area (Å²) in [5.41, 5.74) is 0.276. The third-order valence-electron chi connectivity index (χ3n) is 1.89. The van der Waals surface area contributed by atoms with Crippen molar-refractivity contribution in [2.75, 3.05) is 0 Å². The van der Waals surface area contributed by atoms with Crippen LogP contribution in [0.25, 0.3) is 0 Å². The van der Waals surface area contributed by atoms with Crippen molar-refractivity contribution < 1.29 is 9.90 Å². The van der Waals surface area contributed by atoms with Crippen LogP contribution in [0.3, 0.4) is 0 Å². The molecule has 0 saturated heterocycles. The maximum atomic E-state index is 10.8. The average Bonchev–Trinajstić information content (AvgIpc) is 2.57. The van der Waals surface area contributed by atoms with Gasteiger partial charge in [-0.3, -0.25) is 0 Å². The summed E-state index contributed by atoms with van der Waals surface area (Å²) in [7, 11) is 0. The van der Waals surface area contributed by atoms with E-state index < -0.39 is 5.97 Å². The summed E-state index contributed by atoms with van der Waals surface area (Å²) in [6.45, 7) is 2.10. The molecular weight excluding hydrogens is 247 g/mol. The normalized spacial score (nSPS) is 10.4. The van der Waals surface area contributed by atoms with Gasteiger partial charge in [0.25, 0.3) is 0 Å². The molecule has 0 aliphatic carbocycles. The number of rotatable bonds is 5. The Balaban J connectivity index is 2.83. The summed E-state index contributed by atoms with van der Waals surface area (Å²) in [6, 6.07) is 0. The van der Waals surface area contributed by atoms with E-state index in [1.807, 2.05) is 5.82 Å². The monoisotopic (exact) mass is 262 g/mol. The molecular formula is C9H14N2O2Se. The molecule has 78 valence electrons. The van der Waals surface area contributed by atoms with Crippen LogP contribution in [0.2, 0.25) is 5.82 Å². The van der Waals surface area contributed by atoms with Crippen molar-refractivity contribution in [3.05, 3.63) is 11.5 Å². The first kappa shape index (κ1) is 11.3. The molecule has 0 fully saturated rings. The molecule has 0 aromatic carbocycles. The van der Waals surface area contributed by atoms with Crippen molar-refractivity contribution in [3.63, 3.8) is 0 Å². The number of aryl methyl sites for hydroxylation is 1. The van der Waals surface area contributed by atoms with Crippen LogP contribution in [-0.2, 0) is 6.42 Å². The van der Waals surface area contributed by atoms with Crippen LogP contribution in [0.4, 0.5) is 0 Å². The minimum atomic E-state index is -0.904. The molecule has 1 rings (SSSR count). The topological polar surface area (TPSA) is 66.0 Å². The summed E-state index contributed by atoms with van der Waals surface area (Å²) in [5, 5.41) is 8.87. The number of nitrogens with zero attached hydrogens (tertiary/aromatic N) is 1. The van der Waals surface area contributed by atoms with E-state index in [9.17, 15) is 4.79 Å². The number of hydrogen-bond acceptors (Lipinski definition) is 2. The molecule has 0 saturated carbocycles. The zero-order valence-electron chi connectivity index (χ0n) is 8.33. The molecule has 0 unspecified atom stereocenters. The minimum absolute atomic E-state index is 0.134. The fraction of sp³-hybridized carbons (Fsp3) is 0.556. The SMILES string of the molecule is CCCCc1nc([Se]C)c(C(=O)O)[nH]1. The van der Waals surface area contributed by atoms with Crippen LogP contribution in [-0.4, -0.2) is 36.0 Å². The Kier molecular flexibility index (Phi) is 4.17. The van der Waals surface area contributed by atoms with Crippen molar-refractivity contribution in [3.8, 4) is 0 Å². The van der Waals surface area contributed by atoms with Gasteiger partial charge in [-0.1, -0.05) is 0 Å². The summed E-state index contributed by atoms with van der Waals surface area (Å²) in [5.74, 6) is 1.88. The Bertz CT molecular complexity index is 323. The second kappa shape index (κ2) is 5.17. The predicted octanol–water partition coefficient (Wildman–Crippen LogP) is 0.828. The van der Waals surface area contributed by atoms with Crippen molar-refractivity contribution >= 4 is 25.5 Å². The summed E-state index contributed by atoms with van der Waals surface area (Å²) in [4.78, 5) is 18.0. The van der Waals surface area contributed by atoms with E-state index in [0.29, 0.717) is 0 Å². The van der Waals surface area contributed by atoms with Gasteiger partial charge in [0.05, 0.1) is 0 Å². The number of nitrogens with one attached hydrogen (secondary N) is 1. The van der Waals surface area contributed by atoms with E-state index in [2.05, 4.69) is 16.9 Å². The van der Waals surface area contributed by atoms with Gasteiger partial charge < -0.3 is 0 Å². The molecule has 2 N–H and O–H groups in total. The molecule has 0 atom stereocenters. The van der Waals surface area contributed by atoms with Gasteiger partial charge >= 0.3 is 88.9 Å². The van der Waals surface area contributed by atoms with E-state index in [0.717, 1.165) is 29.7 Å². The second-order valence-corrected chi connectivity index (χ2v) is 4.64. The number of hydrogen-bond donors (Lipinski definition) is 2. The molecule has 1 aromatic heterocycles. The number of aromatic nitrogens is 2. The molecule has 5 heteroatoms. The fourth-order valence-corrected chi connectivity index (χ4v) is 2.30. The first-order valence-electron chi connectivity index (χ1n) is 4.55. The van der Waals surface area contributed by atoms with Crippen LogP contribution in [0, 0.1) is 0 Å². The van der Waals surface area contributed by atoms with Gasteiger partial charge in [-0.15, -0.1) is 0 Å². The van der Waals surface area contributed by atoms with Crippen LogP contribution in [0.5, 0.6) is 0 Å². The predicted molar refractivity (Wildman–Crippen MR) is 55.4 cm³/mol. The number of imidazole rings is 1. The van der Waals surface area contributed by atoms with Gasteiger partial charge in [-0.25, -0.2) is 0 Å². The molecule has 0 aliphatic rings. The standard InChI is InChI=1S/C9H14N2O2Se/c1-3-4-5-6-10-7(9(12)13)8(11-6)14-2/h3-5H2,1-2H3,(H,10,11)(H,12,13). The third-order valence-corrected chi connectivity index (χ3v) is 3.33. The van der Waals surface area contributed by atoms with E-state index in [-0.39, 0.29) is 20.7 Å². The van der Waals surface area contributed by atoms with Gasteiger partial charge in [0.2, 0.25) is 0 Å². The van der Waals surface area contributed by atoms with E-state index >= 15 is 0 Å². The van der Waals surface area contributed by atoms with Crippen LogP contribution in [0.1, 0.15) is 36.1 Å². The summed E-state index contributed by atoms with van der Waals surface area (Å²) >= 11 is 0.134. The van der Waals surface area contributed by atoms with Crippen molar-refractivity contribution in [1.29, 1.82) is 0 Å². The molecule has 0 spiro atoms.